The maximum Gasteiger partial charge on any atom is 0.509 e. The normalized spacial score (nSPS) is 28.2. The highest BCUT2D eigenvalue weighted by Crippen LogP contribution is 2.65. The molecule has 2 bridgehead atoms. The van der Waals surface area contributed by atoms with Crippen LogP contribution < -0.4 is 0 Å². The van der Waals surface area contributed by atoms with Gasteiger partial charge in [0, 0.05) is 30.7 Å². The SMILES string of the molecule is CC[Si](CC)(CC)O[C@H]1C[C@H]2OC[C@@]2(OC(C)=O)[C@H]2[C@H](OC(=O)c3ccccc3)[C@]3(O)C[C@H](OC(=O)[C@@H](O)/C(=N/OCc4ccccc4)c4ccccc4)C(C)=C([C@@H](OC(=O)OCc4ccccc4)C(=O)[C@]12C)C3(C)C. The van der Waals surface area contributed by atoms with Crippen LogP contribution in [0.5, 0.6) is 0 Å². The minimum atomic E-state index is -2.70. The molecule has 4 aromatic rings. The first kappa shape index (κ1) is 55.7. The maximum atomic E-state index is 16.7. The summed E-state index contributed by atoms with van der Waals surface area (Å²) in [5.74, 6) is -5.03. The van der Waals surface area contributed by atoms with Crippen LogP contribution in [0.4, 0.5) is 4.79 Å². The average molecular weight is 1060 g/mol. The number of hydrogen-bond donors (Lipinski definition) is 2. The molecule has 3 fully saturated rings. The number of Topliss-reactive ketones (excluding diaryl/α,β-unsaturated/α-hetero) is 1. The third-order valence-electron chi connectivity index (χ3n) is 16.7. The third-order valence-corrected chi connectivity index (χ3v) is 21.3. The summed E-state index contributed by atoms with van der Waals surface area (Å²) in [7, 11) is -2.70. The molecule has 2 saturated carbocycles. The number of nitrogens with zero attached hydrogens (tertiary/aromatic N) is 1. The van der Waals surface area contributed by atoms with Gasteiger partial charge in [-0.15, -0.1) is 0 Å². The summed E-state index contributed by atoms with van der Waals surface area (Å²) in [4.78, 5) is 79.9. The van der Waals surface area contributed by atoms with E-state index >= 15 is 4.79 Å². The van der Waals surface area contributed by atoms with Gasteiger partial charge in [0.1, 0.15) is 42.8 Å². The maximum absolute atomic E-state index is 16.7. The molecule has 0 unspecified atom stereocenters. The van der Waals surface area contributed by atoms with Crippen LogP contribution in [0.25, 0.3) is 0 Å². The predicted molar refractivity (Wildman–Crippen MR) is 281 cm³/mol. The van der Waals surface area contributed by atoms with Gasteiger partial charge >= 0.3 is 24.1 Å². The van der Waals surface area contributed by atoms with Crippen molar-refractivity contribution < 1.29 is 71.9 Å². The smallest absolute Gasteiger partial charge is 0.456 e. The number of rotatable bonds is 18. The van der Waals surface area contributed by atoms with Gasteiger partial charge in [-0.05, 0) is 66.4 Å². The molecule has 1 heterocycles. The highest BCUT2D eigenvalue weighted by Gasteiger charge is 2.79. The summed E-state index contributed by atoms with van der Waals surface area (Å²) in [6, 6.07) is 36.6. The molecule has 0 spiro atoms. The number of esters is 3. The predicted octanol–water partition coefficient (Wildman–Crippen LogP) is 9.01. The molecule has 2 N–H and O–H groups in total. The molecule has 17 heteroatoms. The fourth-order valence-electron chi connectivity index (χ4n) is 12.1. The van der Waals surface area contributed by atoms with E-state index < -0.39 is 109 Å². The summed E-state index contributed by atoms with van der Waals surface area (Å²) in [5.41, 5.74) is -5.87. The quantitative estimate of drug-likeness (QED) is 0.0238. The van der Waals surface area contributed by atoms with Gasteiger partial charge in [0.25, 0.3) is 0 Å². The van der Waals surface area contributed by atoms with Crippen LogP contribution in [0, 0.1) is 16.7 Å². The number of aliphatic hydroxyl groups is 2. The van der Waals surface area contributed by atoms with E-state index in [1.54, 1.807) is 113 Å². The zero-order chi connectivity index (χ0) is 54.6. The Morgan fingerprint density at radius 1 is 0.776 bits per heavy atom. The second-order valence-electron chi connectivity index (χ2n) is 21.1. The van der Waals surface area contributed by atoms with E-state index in [9.17, 15) is 29.4 Å². The molecule has 4 aromatic carbocycles. The molecule has 8 rings (SSSR count). The van der Waals surface area contributed by atoms with E-state index in [1.807, 2.05) is 57.2 Å². The van der Waals surface area contributed by atoms with Gasteiger partial charge in [0.15, 0.2) is 31.9 Å². The van der Waals surface area contributed by atoms with Crippen molar-refractivity contribution in [1.29, 1.82) is 0 Å². The second kappa shape index (κ2) is 22.6. The number of fused-ring (bicyclic) bond motifs is 5. The van der Waals surface area contributed by atoms with Crippen molar-refractivity contribution >= 4 is 43.9 Å². The van der Waals surface area contributed by atoms with Crippen LogP contribution in [0.15, 0.2) is 138 Å². The van der Waals surface area contributed by atoms with Crippen LogP contribution in [-0.2, 0) is 65.3 Å². The number of aliphatic hydroxyl groups excluding tert-OH is 1. The zero-order valence-corrected chi connectivity index (χ0v) is 45.4. The Bertz CT molecular complexity index is 2800. The number of benzene rings is 4. The fraction of sp³-hybridized carbons (Fsp3) is 0.458. The number of ketones is 1. The van der Waals surface area contributed by atoms with E-state index in [4.69, 9.17) is 37.7 Å². The van der Waals surface area contributed by atoms with Gasteiger partial charge in [0.05, 0.1) is 29.6 Å². The summed E-state index contributed by atoms with van der Waals surface area (Å²) >= 11 is 0. The topological polar surface area (TPSA) is 212 Å². The van der Waals surface area contributed by atoms with Gasteiger partial charge in [-0.3, -0.25) is 9.59 Å². The average Bonchev–Trinajstić information content (AvgIpc) is 3.61. The number of ether oxygens (including phenoxy) is 6. The van der Waals surface area contributed by atoms with Crippen molar-refractivity contribution in [3.05, 3.63) is 155 Å². The van der Waals surface area contributed by atoms with E-state index in [2.05, 4.69) is 5.16 Å². The summed E-state index contributed by atoms with van der Waals surface area (Å²) in [5, 5.41) is 30.5. The molecule has 3 aliphatic carbocycles. The molecule has 0 aromatic heterocycles. The third kappa shape index (κ3) is 10.4. The number of oxime groups is 1. The molecule has 0 amide bonds. The number of hydrogen-bond acceptors (Lipinski definition) is 16. The number of carbonyl (C=O) groups is 5. The standard InChI is InChI=1S/C59H69NO15Si/c1-9-76(10-2,11-3)75-44-32-45-58(36-69-45,74-38(5)61)50-52(73-53(64)42-30-22-15-23-31-42)59(67)33-43(71-54(65)48(62)47(41-28-20-14-21-29-41)60-70-35-40-26-18-13-19-27-40)37(4)46(56(59,6)7)49(51(63)57(44,50)8)72-55(66)68-34-39-24-16-12-17-25-39/h12-31,43-45,48-50,52,62,67H,9-11,32-36H2,1-8H3/b60-47+/t43-,44-,45+,48-,49+,50-,52-,57+,58-,59+/m0/s1. The van der Waals surface area contributed by atoms with E-state index in [1.165, 1.54) is 6.92 Å². The lowest BCUT2D eigenvalue weighted by molar-refractivity contribution is -0.344. The Labute approximate surface area is 444 Å². The highest BCUT2D eigenvalue weighted by atomic mass is 28.4. The molecular formula is C59H69NO15Si. The van der Waals surface area contributed by atoms with E-state index in [0.29, 0.717) is 29.3 Å². The van der Waals surface area contributed by atoms with Crippen LogP contribution in [0.2, 0.25) is 18.1 Å². The monoisotopic (exact) mass is 1060 g/mol. The minimum Gasteiger partial charge on any atom is -0.456 e. The lowest BCUT2D eigenvalue weighted by atomic mass is 9.44. The molecular weight excluding hydrogens is 991 g/mol. The van der Waals surface area contributed by atoms with Crippen molar-refractivity contribution in [2.24, 2.45) is 21.9 Å². The Balaban J connectivity index is 1.33. The summed E-state index contributed by atoms with van der Waals surface area (Å²) in [6.07, 6.45) is -10.9. The van der Waals surface area contributed by atoms with Crippen LogP contribution in [-0.4, -0.2) is 109 Å². The summed E-state index contributed by atoms with van der Waals surface area (Å²) < 4.78 is 45.2. The molecule has 76 heavy (non-hydrogen) atoms. The lowest BCUT2D eigenvalue weighted by Crippen LogP contribution is -2.82. The molecule has 16 nitrogen and oxygen atoms in total. The first-order valence-electron chi connectivity index (χ1n) is 26.1. The lowest BCUT2D eigenvalue weighted by Gasteiger charge is -2.68. The Hall–Kier alpha value is -6.50. The Kier molecular flexibility index (Phi) is 16.6. The highest BCUT2D eigenvalue weighted by molar-refractivity contribution is 6.73. The largest absolute Gasteiger partial charge is 0.509 e. The molecule has 4 aliphatic rings. The Morgan fingerprint density at radius 3 is 1.87 bits per heavy atom. The van der Waals surface area contributed by atoms with Crippen molar-refractivity contribution in [2.45, 2.75) is 147 Å². The zero-order valence-electron chi connectivity index (χ0n) is 44.4. The molecule has 0 radical (unpaired) electrons. The Morgan fingerprint density at radius 2 is 1.33 bits per heavy atom. The fourth-order valence-corrected chi connectivity index (χ4v) is 15.0. The van der Waals surface area contributed by atoms with Gasteiger partial charge in [-0.1, -0.05) is 149 Å². The van der Waals surface area contributed by atoms with Gasteiger partial charge in [0.2, 0.25) is 0 Å². The minimum absolute atomic E-state index is 0.00635. The number of carbonyl (C=O) groups excluding carboxylic acids is 5. The van der Waals surface area contributed by atoms with Gasteiger partial charge in [-0.2, -0.15) is 0 Å². The van der Waals surface area contributed by atoms with Crippen LogP contribution in [0.3, 0.4) is 0 Å². The van der Waals surface area contributed by atoms with Crippen LogP contribution in [0.1, 0.15) is 95.3 Å². The molecule has 10 atom stereocenters. The van der Waals surface area contributed by atoms with Crippen molar-refractivity contribution in [1.82, 2.24) is 0 Å². The molecule has 1 saturated heterocycles. The van der Waals surface area contributed by atoms with E-state index in [-0.39, 0.29) is 48.7 Å². The first-order valence-corrected chi connectivity index (χ1v) is 28.6. The van der Waals surface area contributed by atoms with Gasteiger partial charge < -0.3 is 47.9 Å². The van der Waals surface area contributed by atoms with Gasteiger partial charge in [-0.25, -0.2) is 14.4 Å². The first-order chi connectivity index (χ1) is 36.3. The van der Waals surface area contributed by atoms with E-state index in [0.717, 1.165) is 5.56 Å². The second-order valence-corrected chi connectivity index (χ2v) is 25.8. The summed E-state index contributed by atoms with van der Waals surface area (Å²) in [6.45, 7) is 13.3. The molecule has 1 aliphatic heterocycles. The van der Waals surface area contributed by atoms with Crippen molar-refractivity contribution in [2.75, 3.05) is 6.61 Å². The van der Waals surface area contributed by atoms with Crippen molar-refractivity contribution in [3.8, 4) is 0 Å². The van der Waals surface area contributed by atoms with Crippen LogP contribution >= 0.6 is 0 Å². The molecule has 404 valence electrons. The van der Waals surface area contributed by atoms with Crippen molar-refractivity contribution in [3.63, 3.8) is 0 Å².